The zero-order chi connectivity index (χ0) is 13.2. The molecule has 1 aromatic rings. The van der Waals surface area contributed by atoms with Gasteiger partial charge in [0.1, 0.15) is 0 Å². The van der Waals surface area contributed by atoms with Crippen molar-refractivity contribution >= 4 is 17.7 Å². The fourth-order valence-corrected chi connectivity index (χ4v) is 2.65. The molecule has 100 valence electrons. The summed E-state index contributed by atoms with van der Waals surface area (Å²) in [5.74, 6) is -0.345. The molecule has 1 aromatic heterocycles. The number of carbonyl (C=O) groups is 1. The van der Waals surface area contributed by atoms with Gasteiger partial charge in [0, 0.05) is 6.20 Å². The van der Waals surface area contributed by atoms with E-state index in [-0.39, 0.29) is 11.2 Å². The predicted molar refractivity (Wildman–Crippen MR) is 72.6 cm³/mol. The molecule has 0 aliphatic heterocycles. The van der Waals surface area contributed by atoms with Crippen molar-refractivity contribution < 1.29 is 10.0 Å². The van der Waals surface area contributed by atoms with E-state index < -0.39 is 0 Å². The molecule has 1 atom stereocenters. The summed E-state index contributed by atoms with van der Waals surface area (Å²) in [6.45, 7) is 2.15. The molecule has 0 saturated carbocycles. The number of amides is 1. The largest absolute Gasteiger partial charge is 0.289 e. The molecular weight excluding hydrogens is 248 g/mol. The highest BCUT2D eigenvalue weighted by Crippen LogP contribution is 2.25. The maximum absolute atomic E-state index is 11.6. The zero-order valence-corrected chi connectivity index (χ0v) is 11.4. The van der Waals surface area contributed by atoms with Gasteiger partial charge in [-0.05, 0) is 18.6 Å². The molecule has 0 aromatic carbocycles. The van der Waals surface area contributed by atoms with Crippen molar-refractivity contribution in [1.82, 2.24) is 10.5 Å². The van der Waals surface area contributed by atoms with Crippen molar-refractivity contribution in [3.05, 3.63) is 24.4 Å². The van der Waals surface area contributed by atoms with Crippen LogP contribution in [-0.4, -0.2) is 21.3 Å². The molecule has 4 nitrogen and oxygen atoms in total. The minimum Gasteiger partial charge on any atom is -0.289 e. The summed E-state index contributed by atoms with van der Waals surface area (Å²) in [5, 5.41) is 9.28. The second kappa shape index (κ2) is 8.94. The summed E-state index contributed by atoms with van der Waals surface area (Å²) in [4.78, 5) is 15.8. The third-order valence-electron chi connectivity index (χ3n) is 2.62. The summed E-state index contributed by atoms with van der Waals surface area (Å²) in [5.41, 5.74) is 1.74. The third-order valence-corrected chi connectivity index (χ3v) is 3.84. The van der Waals surface area contributed by atoms with E-state index >= 15 is 0 Å². The van der Waals surface area contributed by atoms with Gasteiger partial charge in [-0.15, -0.1) is 0 Å². The smallest absolute Gasteiger partial charge is 0.256 e. The predicted octanol–water partition coefficient (Wildman–Crippen LogP) is 3.02. The summed E-state index contributed by atoms with van der Waals surface area (Å²) in [7, 11) is 0. The second-order valence-electron chi connectivity index (χ2n) is 4.10. The fourth-order valence-electron chi connectivity index (χ4n) is 1.63. The van der Waals surface area contributed by atoms with Crippen molar-refractivity contribution in [2.75, 3.05) is 0 Å². The summed E-state index contributed by atoms with van der Waals surface area (Å²) >= 11 is 1.40. The van der Waals surface area contributed by atoms with Gasteiger partial charge in [0.05, 0.1) is 10.3 Å². The Morgan fingerprint density at radius 1 is 1.44 bits per heavy atom. The van der Waals surface area contributed by atoms with E-state index in [2.05, 4.69) is 11.9 Å². The first-order valence-electron chi connectivity index (χ1n) is 6.29. The molecule has 1 rings (SSSR count). The Bertz CT molecular complexity index is 346. The van der Waals surface area contributed by atoms with Gasteiger partial charge in [0.15, 0.2) is 0 Å². The lowest BCUT2D eigenvalue weighted by molar-refractivity contribution is -0.128. The number of hydrogen-bond acceptors (Lipinski definition) is 4. The van der Waals surface area contributed by atoms with Crippen LogP contribution in [0.5, 0.6) is 0 Å². The zero-order valence-electron chi connectivity index (χ0n) is 10.6. The highest BCUT2D eigenvalue weighted by Gasteiger charge is 2.19. The lowest BCUT2D eigenvalue weighted by atomic mass is 10.1. The molecular formula is C13H20N2O2S. The summed E-state index contributed by atoms with van der Waals surface area (Å²) in [6.07, 6.45) is 6.92. The summed E-state index contributed by atoms with van der Waals surface area (Å²) in [6, 6.07) is 5.60. The number of unbranched alkanes of at least 4 members (excludes halogenated alkanes) is 3. The first kappa shape index (κ1) is 15.0. The molecule has 1 heterocycles. The van der Waals surface area contributed by atoms with Crippen LogP contribution >= 0.6 is 11.8 Å². The maximum atomic E-state index is 11.6. The van der Waals surface area contributed by atoms with Crippen molar-refractivity contribution in [2.24, 2.45) is 0 Å². The van der Waals surface area contributed by atoms with Crippen LogP contribution in [0, 0.1) is 0 Å². The fraction of sp³-hybridized carbons (Fsp3) is 0.538. The molecule has 0 bridgehead atoms. The number of hydrogen-bond donors (Lipinski definition) is 2. The van der Waals surface area contributed by atoms with Crippen molar-refractivity contribution in [3.63, 3.8) is 0 Å². The minimum absolute atomic E-state index is 0.276. The van der Waals surface area contributed by atoms with Crippen molar-refractivity contribution in [3.8, 4) is 0 Å². The molecule has 0 aliphatic rings. The standard InChI is InChI=1S/C13H20N2O2S/c1-2-3-4-5-8-11(13(16)15-17)18-12-9-6-7-10-14-12/h6-7,9-11,17H,2-5,8H2,1H3,(H,15,16). The van der Waals surface area contributed by atoms with Crippen molar-refractivity contribution in [1.29, 1.82) is 0 Å². The van der Waals surface area contributed by atoms with Crippen LogP contribution in [0.1, 0.15) is 39.0 Å². The quantitative estimate of drug-likeness (QED) is 0.329. The van der Waals surface area contributed by atoms with Gasteiger partial charge < -0.3 is 0 Å². The molecule has 2 N–H and O–H groups in total. The van der Waals surface area contributed by atoms with Crippen LogP contribution in [0.2, 0.25) is 0 Å². The van der Waals surface area contributed by atoms with E-state index in [9.17, 15) is 4.79 Å². The second-order valence-corrected chi connectivity index (χ2v) is 5.32. The Morgan fingerprint density at radius 3 is 2.89 bits per heavy atom. The molecule has 18 heavy (non-hydrogen) atoms. The average Bonchev–Trinajstić information content (AvgIpc) is 2.42. The molecule has 0 radical (unpaired) electrons. The molecule has 1 unspecified atom stereocenters. The van der Waals surface area contributed by atoms with Gasteiger partial charge >= 0.3 is 0 Å². The number of rotatable bonds is 8. The maximum Gasteiger partial charge on any atom is 0.256 e. The van der Waals surface area contributed by atoms with E-state index in [1.54, 1.807) is 11.7 Å². The molecule has 0 spiro atoms. The van der Waals surface area contributed by atoms with Gasteiger partial charge in [0.2, 0.25) is 0 Å². The van der Waals surface area contributed by atoms with Crippen LogP contribution in [0.15, 0.2) is 29.4 Å². The Morgan fingerprint density at radius 2 is 2.28 bits per heavy atom. The molecule has 1 amide bonds. The van der Waals surface area contributed by atoms with Crippen LogP contribution in [-0.2, 0) is 4.79 Å². The van der Waals surface area contributed by atoms with Gasteiger partial charge in [-0.1, -0.05) is 50.4 Å². The van der Waals surface area contributed by atoms with Crippen LogP contribution < -0.4 is 5.48 Å². The highest BCUT2D eigenvalue weighted by molar-refractivity contribution is 8.00. The Hall–Kier alpha value is -1.07. The Balaban J connectivity index is 2.48. The van der Waals surface area contributed by atoms with E-state index in [1.165, 1.54) is 24.6 Å². The molecule has 5 heteroatoms. The average molecular weight is 268 g/mol. The van der Waals surface area contributed by atoms with Crippen LogP contribution in [0.25, 0.3) is 0 Å². The first-order chi connectivity index (χ1) is 8.77. The number of thioether (sulfide) groups is 1. The Labute approximate surface area is 112 Å². The lowest BCUT2D eigenvalue weighted by Gasteiger charge is -2.13. The first-order valence-corrected chi connectivity index (χ1v) is 7.17. The van der Waals surface area contributed by atoms with E-state index in [0.717, 1.165) is 24.3 Å². The number of aromatic nitrogens is 1. The monoisotopic (exact) mass is 268 g/mol. The number of pyridine rings is 1. The van der Waals surface area contributed by atoms with Crippen LogP contribution in [0.3, 0.4) is 0 Å². The lowest BCUT2D eigenvalue weighted by Crippen LogP contribution is -2.30. The number of nitrogens with zero attached hydrogens (tertiary/aromatic N) is 1. The molecule has 0 fully saturated rings. The van der Waals surface area contributed by atoms with Gasteiger partial charge in [0.25, 0.3) is 5.91 Å². The van der Waals surface area contributed by atoms with E-state index in [0.29, 0.717) is 0 Å². The summed E-state index contributed by atoms with van der Waals surface area (Å²) < 4.78 is 0. The van der Waals surface area contributed by atoms with Gasteiger partial charge in [-0.3, -0.25) is 10.0 Å². The third kappa shape index (κ3) is 5.51. The number of carbonyl (C=O) groups excluding carboxylic acids is 1. The van der Waals surface area contributed by atoms with Gasteiger partial charge in [-0.25, -0.2) is 10.5 Å². The van der Waals surface area contributed by atoms with E-state index in [1.807, 2.05) is 18.2 Å². The SMILES string of the molecule is CCCCCCC(Sc1ccccn1)C(=O)NO. The topological polar surface area (TPSA) is 62.2 Å². The van der Waals surface area contributed by atoms with E-state index in [4.69, 9.17) is 5.21 Å². The molecule has 0 saturated heterocycles. The highest BCUT2D eigenvalue weighted by atomic mass is 32.2. The normalized spacial score (nSPS) is 12.1. The number of nitrogens with one attached hydrogen (secondary N) is 1. The van der Waals surface area contributed by atoms with Crippen LogP contribution in [0.4, 0.5) is 0 Å². The van der Waals surface area contributed by atoms with Crippen molar-refractivity contribution in [2.45, 2.75) is 49.3 Å². The minimum atomic E-state index is -0.345. The number of hydroxylamine groups is 1. The molecule has 0 aliphatic carbocycles. The van der Waals surface area contributed by atoms with Gasteiger partial charge in [-0.2, -0.15) is 0 Å². The Kier molecular flexibility index (Phi) is 7.44.